The Morgan fingerprint density at radius 2 is 2.30 bits per heavy atom. The fraction of sp³-hybridized carbons (Fsp3) is 0.222. The number of carboxylic acids is 1. The maximum atomic E-state index is 12.1. The second-order valence-corrected chi connectivity index (χ2v) is 6.17. The molecule has 1 unspecified atom stereocenters. The summed E-state index contributed by atoms with van der Waals surface area (Å²) in [5.41, 5.74) is 0. The minimum Gasteiger partial charge on any atom is -0.475 e. The van der Waals surface area contributed by atoms with Gasteiger partial charge in [-0.05, 0) is 22.9 Å². The van der Waals surface area contributed by atoms with Gasteiger partial charge in [0.15, 0.2) is 4.67 Å². The first-order chi connectivity index (χ1) is 9.31. The fourth-order valence-corrected chi connectivity index (χ4v) is 3.56. The highest BCUT2D eigenvalue weighted by Crippen LogP contribution is 2.27. The van der Waals surface area contributed by atoms with Crippen molar-refractivity contribution in [3.8, 4) is 0 Å². The van der Waals surface area contributed by atoms with Gasteiger partial charge in [0.25, 0.3) is 0 Å². The molecule has 0 aliphatic carbocycles. The van der Waals surface area contributed by atoms with E-state index in [1.54, 1.807) is 6.92 Å². The van der Waals surface area contributed by atoms with Gasteiger partial charge in [-0.15, -0.1) is 0 Å². The molecule has 2 aromatic heterocycles. The van der Waals surface area contributed by atoms with Gasteiger partial charge in [-0.1, -0.05) is 0 Å². The summed E-state index contributed by atoms with van der Waals surface area (Å²) in [6.45, 7) is 1.56. The molecule has 0 aromatic carbocycles. The van der Waals surface area contributed by atoms with Crippen LogP contribution in [0.3, 0.4) is 0 Å². The summed E-state index contributed by atoms with van der Waals surface area (Å²) in [5, 5.41) is 14.9. The Morgan fingerprint density at radius 1 is 1.60 bits per heavy atom. The largest absolute Gasteiger partial charge is 0.475 e. The highest BCUT2D eigenvalue weighted by Gasteiger charge is 2.27. The van der Waals surface area contributed by atoms with E-state index in [4.69, 9.17) is 9.52 Å². The number of sulfonamides is 1. The van der Waals surface area contributed by atoms with Crippen LogP contribution in [0.5, 0.6) is 0 Å². The van der Waals surface area contributed by atoms with E-state index in [2.05, 4.69) is 35.8 Å². The van der Waals surface area contributed by atoms with Gasteiger partial charge in [0.2, 0.25) is 15.8 Å². The van der Waals surface area contributed by atoms with Gasteiger partial charge in [0.05, 0.1) is 6.04 Å². The lowest BCUT2D eigenvalue weighted by atomic mass is 10.3. The first-order valence-electron chi connectivity index (χ1n) is 5.21. The predicted octanol–water partition coefficient (Wildman–Crippen LogP) is 0.898. The van der Waals surface area contributed by atoms with Crippen molar-refractivity contribution in [2.75, 3.05) is 0 Å². The lowest BCUT2D eigenvalue weighted by Crippen LogP contribution is -2.27. The number of halogens is 1. The van der Waals surface area contributed by atoms with Gasteiger partial charge < -0.3 is 9.52 Å². The van der Waals surface area contributed by atoms with Gasteiger partial charge in [-0.2, -0.15) is 5.10 Å². The third-order valence-electron chi connectivity index (χ3n) is 2.33. The molecular weight excluding hydrogens is 356 g/mol. The number of aromatic amines is 1. The van der Waals surface area contributed by atoms with Crippen LogP contribution in [0.15, 0.2) is 26.4 Å². The van der Waals surface area contributed by atoms with Crippen molar-refractivity contribution in [1.82, 2.24) is 19.9 Å². The van der Waals surface area contributed by atoms with Crippen molar-refractivity contribution >= 4 is 31.9 Å². The molecule has 20 heavy (non-hydrogen) atoms. The number of nitrogens with one attached hydrogen (secondary N) is 2. The van der Waals surface area contributed by atoms with E-state index >= 15 is 0 Å². The molecule has 0 radical (unpaired) electrons. The Labute approximate surface area is 121 Å². The molecule has 0 fully saturated rings. The summed E-state index contributed by atoms with van der Waals surface area (Å²) < 4.78 is 31.2. The quantitative estimate of drug-likeness (QED) is 0.715. The van der Waals surface area contributed by atoms with Crippen molar-refractivity contribution in [2.45, 2.75) is 17.9 Å². The second kappa shape index (κ2) is 5.34. The van der Waals surface area contributed by atoms with Crippen molar-refractivity contribution in [2.24, 2.45) is 0 Å². The Kier molecular flexibility index (Phi) is 3.92. The van der Waals surface area contributed by atoms with Gasteiger partial charge in [0, 0.05) is 6.07 Å². The van der Waals surface area contributed by atoms with Crippen LogP contribution in [-0.4, -0.2) is 34.7 Å². The number of carboxylic acid groups (broad SMARTS) is 1. The number of hydrogen-bond donors (Lipinski definition) is 3. The Morgan fingerprint density at radius 3 is 2.80 bits per heavy atom. The first kappa shape index (κ1) is 14.7. The molecule has 0 spiro atoms. The lowest BCUT2D eigenvalue weighted by molar-refractivity contribution is 0.0661. The van der Waals surface area contributed by atoms with Gasteiger partial charge in [-0.3, -0.25) is 5.10 Å². The molecule has 2 aromatic rings. The van der Waals surface area contributed by atoms with Crippen LogP contribution < -0.4 is 4.72 Å². The maximum Gasteiger partial charge on any atom is 0.371 e. The van der Waals surface area contributed by atoms with Crippen LogP contribution in [-0.2, 0) is 10.0 Å². The molecule has 2 heterocycles. The summed E-state index contributed by atoms with van der Waals surface area (Å²) in [4.78, 5) is 14.3. The number of hydrogen-bond acceptors (Lipinski definition) is 6. The van der Waals surface area contributed by atoms with Crippen LogP contribution in [0.2, 0.25) is 0 Å². The SMILES string of the molecule is CC(NS(=O)(=O)c1cc(C(=O)O)oc1Br)c1ncn[nH]1. The normalized spacial score (nSPS) is 13.3. The highest BCUT2D eigenvalue weighted by atomic mass is 79.9. The Balaban J connectivity index is 2.29. The predicted molar refractivity (Wildman–Crippen MR) is 68.5 cm³/mol. The summed E-state index contributed by atoms with van der Waals surface area (Å²) in [5.74, 6) is -1.52. The molecule has 9 nitrogen and oxygen atoms in total. The third kappa shape index (κ3) is 2.89. The van der Waals surface area contributed by atoms with Gasteiger partial charge >= 0.3 is 5.97 Å². The summed E-state index contributed by atoms with van der Waals surface area (Å²) in [6.07, 6.45) is 1.25. The molecule has 0 saturated carbocycles. The standard InChI is InChI=1S/C9H9BrN4O5S/c1-4(8-11-3-12-13-8)14-20(17,18)6-2-5(9(15)16)19-7(6)10/h2-4,14H,1H3,(H,15,16)(H,11,12,13). The molecule has 0 aliphatic heterocycles. The van der Waals surface area contributed by atoms with Crippen LogP contribution in [0.4, 0.5) is 0 Å². The van der Waals surface area contributed by atoms with Crippen LogP contribution in [0.1, 0.15) is 29.3 Å². The number of rotatable bonds is 5. The number of aromatic nitrogens is 3. The first-order valence-corrected chi connectivity index (χ1v) is 7.49. The van der Waals surface area contributed by atoms with E-state index in [1.807, 2.05) is 0 Å². The number of H-pyrrole nitrogens is 1. The summed E-state index contributed by atoms with van der Waals surface area (Å²) in [7, 11) is -3.97. The number of carbonyl (C=O) groups is 1. The second-order valence-electron chi connectivity index (χ2n) is 3.77. The molecule has 108 valence electrons. The lowest BCUT2D eigenvalue weighted by Gasteiger charge is -2.10. The van der Waals surface area contributed by atoms with Crippen LogP contribution in [0.25, 0.3) is 0 Å². The molecule has 0 aliphatic rings. The number of nitrogens with zero attached hydrogens (tertiary/aromatic N) is 2. The van der Waals surface area contributed by atoms with E-state index in [0.717, 1.165) is 6.07 Å². The summed E-state index contributed by atoms with van der Waals surface area (Å²) >= 11 is 2.87. The van der Waals surface area contributed by atoms with Crippen molar-refractivity contribution in [3.63, 3.8) is 0 Å². The van der Waals surface area contributed by atoms with Crippen LogP contribution in [0, 0.1) is 0 Å². The van der Waals surface area contributed by atoms with Gasteiger partial charge in [-0.25, -0.2) is 22.9 Å². The smallest absolute Gasteiger partial charge is 0.371 e. The fourth-order valence-electron chi connectivity index (χ4n) is 1.42. The van der Waals surface area contributed by atoms with E-state index in [0.29, 0.717) is 5.82 Å². The van der Waals surface area contributed by atoms with Crippen LogP contribution >= 0.6 is 15.9 Å². The zero-order chi connectivity index (χ0) is 14.9. The Bertz CT molecular complexity index is 724. The topological polar surface area (TPSA) is 138 Å². The number of furan rings is 1. The molecular formula is C9H9BrN4O5S. The van der Waals surface area contributed by atoms with Crippen molar-refractivity contribution < 1.29 is 22.7 Å². The molecule has 1 atom stereocenters. The molecule has 3 N–H and O–H groups in total. The molecule has 2 rings (SSSR count). The minimum atomic E-state index is -3.97. The number of aromatic carboxylic acids is 1. The average Bonchev–Trinajstić information content (AvgIpc) is 2.96. The summed E-state index contributed by atoms with van der Waals surface area (Å²) in [6, 6.07) is 0.250. The highest BCUT2D eigenvalue weighted by molar-refractivity contribution is 9.10. The molecule has 11 heteroatoms. The minimum absolute atomic E-state index is 0.188. The molecule has 0 saturated heterocycles. The van der Waals surface area contributed by atoms with E-state index in [-0.39, 0.29) is 9.56 Å². The monoisotopic (exact) mass is 364 g/mol. The van der Waals surface area contributed by atoms with E-state index < -0.39 is 27.8 Å². The maximum absolute atomic E-state index is 12.1. The molecule has 0 amide bonds. The molecule has 0 bridgehead atoms. The van der Waals surface area contributed by atoms with Crippen molar-refractivity contribution in [1.29, 1.82) is 0 Å². The Hall–Kier alpha value is -1.72. The zero-order valence-corrected chi connectivity index (χ0v) is 12.4. The zero-order valence-electron chi connectivity index (χ0n) is 9.99. The third-order valence-corrected chi connectivity index (χ3v) is 4.73. The van der Waals surface area contributed by atoms with E-state index in [9.17, 15) is 13.2 Å². The van der Waals surface area contributed by atoms with Gasteiger partial charge in [0.1, 0.15) is 17.0 Å². The van der Waals surface area contributed by atoms with E-state index in [1.165, 1.54) is 6.33 Å². The van der Waals surface area contributed by atoms with Crippen molar-refractivity contribution in [3.05, 3.63) is 28.6 Å². The average molecular weight is 365 g/mol.